The number of hydrogen-bond donors (Lipinski definition) is 4. The number of fused-ring (bicyclic) bond motifs is 1. The third-order valence-electron chi connectivity index (χ3n) is 6.17. The number of H-pyrrole nitrogens is 1. The van der Waals surface area contributed by atoms with Crippen LogP contribution in [0, 0.1) is 11.3 Å². The number of nitrogens with two attached hydrogens (primary N) is 1. The maximum atomic E-state index is 8.65. The van der Waals surface area contributed by atoms with Crippen molar-refractivity contribution in [1.29, 1.82) is 5.41 Å². The number of piperidine rings is 1. The summed E-state index contributed by atoms with van der Waals surface area (Å²) >= 11 is 0. The maximum absolute atomic E-state index is 8.65. The lowest BCUT2D eigenvalue weighted by atomic mass is 9.90. The van der Waals surface area contributed by atoms with E-state index in [9.17, 15) is 0 Å². The highest BCUT2D eigenvalue weighted by atomic mass is 14.9. The Hall–Kier alpha value is -3.11. The van der Waals surface area contributed by atoms with Gasteiger partial charge in [0.25, 0.3) is 0 Å². The predicted molar refractivity (Wildman–Crippen MR) is 128 cm³/mol. The van der Waals surface area contributed by atoms with E-state index in [1.54, 1.807) is 0 Å². The van der Waals surface area contributed by atoms with Crippen LogP contribution in [-0.2, 0) is 0 Å². The first kappa shape index (κ1) is 20.2. The highest BCUT2D eigenvalue weighted by molar-refractivity contribution is 6.14. The minimum absolute atomic E-state index is 0.328. The van der Waals surface area contributed by atoms with Gasteiger partial charge in [-0.15, -0.1) is 0 Å². The average Bonchev–Trinajstić information content (AvgIpc) is 3.46. The van der Waals surface area contributed by atoms with E-state index in [1.165, 1.54) is 16.7 Å². The number of allylic oxidation sites excluding steroid dienone is 8. The molecule has 0 radical (unpaired) electrons. The third-order valence-corrected chi connectivity index (χ3v) is 6.17. The van der Waals surface area contributed by atoms with E-state index in [-0.39, 0.29) is 0 Å². The van der Waals surface area contributed by atoms with Gasteiger partial charge in [0.1, 0.15) is 0 Å². The summed E-state index contributed by atoms with van der Waals surface area (Å²) in [4.78, 5) is 3.37. The van der Waals surface area contributed by atoms with Gasteiger partial charge in [-0.25, -0.2) is 0 Å². The quantitative estimate of drug-likeness (QED) is 0.397. The van der Waals surface area contributed by atoms with Gasteiger partial charge in [0, 0.05) is 22.2 Å². The van der Waals surface area contributed by atoms with Crippen LogP contribution < -0.4 is 11.1 Å². The van der Waals surface area contributed by atoms with Crippen LogP contribution in [-0.4, -0.2) is 23.8 Å². The van der Waals surface area contributed by atoms with E-state index in [0.29, 0.717) is 22.9 Å². The van der Waals surface area contributed by atoms with Gasteiger partial charge in [0.05, 0.1) is 11.4 Å². The van der Waals surface area contributed by atoms with Crippen LogP contribution in [0.15, 0.2) is 78.1 Å². The maximum Gasteiger partial charge on any atom is 0.0861 e. The highest BCUT2D eigenvalue weighted by Gasteiger charge is 2.16. The molecule has 30 heavy (non-hydrogen) atoms. The van der Waals surface area contributed by atoms with Crippen molar-refractivity contribution in [3.05, 3.63) is 89.3 Å². The molecule has 4 nitrogen and oxygen atoms in total. The average molecular weight is 399 g/mol. The lowest BCUT2D eigenvalue weighted by molar-refractivity contribution is 0.420. The van der Waals surface area contributed by atoms with Gasteiger partial charge >= 0.3 is 0 Å². The van der Waals surface area contributed by atoms with Crippen LogP contribution in [0.4, 0.5) is 0 Å². The molecule has 1 aromatic heterocycles. The van der Waals surface area contributed by atoms with E-state index in [2.05, 4.69) is 54.2 Å². The molecule has 5 N–H and O–H groups in total. The minimum atomic E-state index is 0.328. The summed E-state index contributed by atoms with van der Waals surface area (Å²) in [7, 11) is 0. The molecule has 1 aromatic carbocycles. The summed E-state index contributed by atoms with van der Waals surface area (Å²) in [6, 6.07) is 8.25. The highest BCUT2D eigenvalue weighted by Crippen LogP contribution is 2.30. The molecular weight excluding hydrogens is 368 g/mol. The van der Waals surface area contributed by atoms with Crippen LogP contribution in [0.25, 0.3) is 16.5 Å². The first-order valence-electron chi connectivity index (χ1n) is 10.7. The fourth-order valence-corrected chi connectivity index (χ4v) is 4.24. The molecule has 2 aromatic rings. The van der Waals surface area contributed by atoms with E-state index in [1.807, 2.05) is 24.3 Å². The summed E-state index contributed by atoms with van der Waals surface area (Å²) < 4.78 is 0. The minimum Gasteiger partial charge on any atom is -0.398 e. The lowest BCUT2D eigenvalue weighted by Gasteiger charge is -2.23. The number of aromatic nitrogens is 1. The second kappa shape index (κ2) is 8.72. The van der Waals surface area contributed by atoms with Gasteiger partial charge in [-0.3, -0.25) is 5.41 Å². The van der Waals surface area contributed by atoms with Crippen molar-refractivity contribution in [2.45, 2.75) is 26.2 Å². The van der Waals surface area contributed by atoms with Gasteiger partial charge in [0.2, 0.25) is 0 Å². The van der Waals surface area contributed by atoms with Crippen LogP contribution in [0.5, 0.6) is 0 Å². The van der Waals surface area contributed by atoms with Gasteiger partial charge in [-0.1, -0.05) is 48.6 Å². The second-order valence-corrected chi connectivity index (χ2v) is 8.16. The first-order chi connectivity index (χ1) is 14.5. The van der Waals surface area contributed by atoms with Gasteiger partial charge < -0.3 is 16.0 Å². The van der Waals surface area contributed by atoms with Crippen molar-refractivity contribution in [3.63, 3.8) is 0 Å². The smallest absolute Gasteiger partial charge is 0.0861 e. The summed E-state index contributed by atoms with van der Waals surface area (Å²) in [5.41, 5.74) is 13.2. The molecule has 1 saturated heterocycles. The fraction of sp³-hybridized carbons (Fsp3) is 0.269. The zero-order chi connectivity index (χ0) is 21.1. The Morgan fingerprint density at radius 2 is 2.03 bits per heavy atom. The SMILES string of the molecule is C=C(C(=N)c1cc2c(C3=CCC=C3)cccc2[nH]1)/C(N)=C\C=C(/C)C1CCNCC1. The Labute approximate surface area is 178 Å². The van der Waals surface area contributed by atoms with Crippen LogP contribution in [0.1, 0.15) is 37.4 Å². The molecule has 0 atom stereocenters. The number of rotatable bonds is 6. The molecule has 0 saturated carbocycles. The first-order valence-corrected chi connectivity index (χ1v) is 10.7. The second-order valence-electron chi connectivity index (χ2n) is 8.16. The molecule has 2 aliphatic rings. The molecule has 1 aliphatic heterocycles. The van der Waals surface area contributed by atoms with Gasteiger partial charge in [-0.05, 0) is 74.5 Å². The Bertz CT molecular complexity index is 1100. The predicted octanol–water partition coefficient (Wildman–Crippen LogP) is 5.22. The molecule has 154 valence electrons. The third kappa shape index (κ3) is 4.10. The number of aromatic amines is 1. The molecular formula is C26H30N4. The molecule has 0 bridgehead atoms. The van der Waals surface area contributed by atoms with Crippen LogP contribution in [0.2, 0.25) is 0 Å². The molecule has 0 amide bonds. The van der Waals surface area contributed by atoms with Crippen molar-refractivity contribution < 1.29 is 0 Å². The number of hydrogen-bond acceptors (Lipinski definition) is 3. The molecule has 0 unspecified atom stereocenters. The largest absolute Gasteiger partial charge is 0.398 e. The van der Waals surface area contributed by atoms with E-state index >= 15 is 0 Å². The normalized spacial score (nSPS) is 18.1. The molecule has 1 fully saturated rings. The van der Waals surface area contributed by atoms with Crippen molar-refractivity contribution >= 4 is 22.2 Å². The summed E-state index contributed by atoms with van der Waals surface area (Å²) in [6.07, 6.45) is 13.8. The summed E-state index contributed by atoms with van der Waals surface area (Å²) in [6.45, 7) is 8.40. The molecule has 1 aliphatic carbocycles. The van der Waals surface area contributed by atoms with Gasteiger partial charge in [0.15, 0.2) is 0 Å². The topological polar surface area (TPSA) is 77.7 Å². The van der Waals surface area contributed by atoms with Crippen LogP contribution >= 0.6 is 0 Å². The van der Waals surface area contributed by atoms with Crippen molar-refractivity contribution in [2.75, 3.05) is 13.1 Å². The summed E-state index contributed by atoms with van der Waals surface area (Å²) in [5.74, 6) is 0.606. The number of nitrogens with one attached hydrogen (secondary N) is 3. The van der Waals surface area contributed by atoms with E-state index in [0.717, 1.165) is 48.9 Å². The molecule has 4 rings (SSSR count). The molecule has 4 heteroatoms. The Balaban J connectivity index is 1.55. The van der Waals surface area contributed by atoms with E-state index in [4.69, 9.17) is 11.1 Å². The lowest BCUT2D eigenvalue weighted by Crippen LogP contribution is -2.28. The molecule has 0 spiro atoms. The number of benzene rings is 1. The van der Waals surface area contributed by atoms with Crippen molar-refractivity contribution in [2.24, 2.45) is 11.7 Å². The summed E-state index contributed by atoms with van der Waals surface area (Å²) in [5, 5.41) is 13.2. The molecule has 2 heterocycles. The van der Waals surface area contributed by atoms with Gasteiger partial charge in [-0.2, -0.15) is 0 Å². The Morgan fingerprint density at radius 3 is 2.77 bits per heavy atom. The van der Waals surface area contributed by atoms with Crippen molar-refractivity contribution in [1.82, 2.24) is 10.3 Å². The van der Waals surface area contributed by atoms with Crippen molar-refractivity contribution in [3.8, 4) is 0 Å². The monoisotopic (exact) mass is 398 g/mol. The van der Waals surface area contributed by atoms with Crippen LogP contribution in [0.3, 0.4) is 0 Å². The fourth-order valence-electron chi connectivity index (χ4n) is 4.24. The Morgan fingerprint density at radius 1 is 1.23 bits per heavy atom. The van der Waals surface area contributed by atoms with E-state index < -0.39 is 0 Å². The zero-order valence-electron chi connectivity index (χ0n) is 17.6. The standard InChI is InChI=1S/C26H30N4/c1-17(19-12-14-29-15-13-19)10-11-23(27)18(2)26(28)25-16-22-21(20-6-3-4-7-20)8-5-9-24(22)30-25/h3,5-11,16,19,28-30H,2,4,12-15,27H2,1H3/b17-10+,23-11+,28-26?. The zero-order valence-corrected chi connectivity index (χ0v) is 17.6. The Kier molecular flexibility index (Phi) is 5.86.